The standard InChI is InChI=1S/C47H70N8O5.C2H6/c1-34-31-55(52-49-34)44(5,6)25-29-58-46(9,10)24-28-54-42-36-18-14-13-17-35(36)32-53(38-20-16-15-19-37(38)41(42)50-51-54)40(57)22-21-39(56)48-27-23-45(7,8)59-30-26-47(11,12)60-33-43(2,3)4;1-2/h13-20,31H,21-30,32-33H2,1-12H3,(H,48,56);1-2H3. The van der Waals surface area contributed by atoms with Gasteiger partial charge in [0.15, 0.2) is 0 Å². The van der Waals surface area contributed by atoms with E-state index < -0.39 is 11.2 Å². The first kappa shape index (κ1) is 50.2. The fraction of sp³-hybridized carbons (Fsp3) is 0.633. The van der Waals surface area contributed by atoms with Gasteiger partial charge in [0, 0.05) is 49.9 Å². The van der Waals surface area contributed by atoms with Crippen molar-refractivity contribution in [3.05, 3.63) is 66.0 Å². The van der Waals surface area contributed by atoms with Crippen molar-refractivity contribution in [2.24, 2.45) is 5.41 Å². The first-order chi connectivity index (χ1) is 29.0. The Morgan fingerprint density at radius 1 is 0.710 bits per heavy atom. The van der Waals surface area contributed by atoms with Crippen molar-refractivity contribution < 1.29 is 23.8 Å². The van der Waals surface area contributed by atoms with Crippen LogP contribution in [0.15, 0.2) is 54.7 Å². The van der Waals surface area contributed by atoms with Crippen LogP contribution in [0.5, 0.6) is 0 Å². The van der Waals surface area contributed by atoms with E-state index in [2.05, 4.69) is 89.2 Å². The van der Waals surface area contributed by atoms with E-state index in [0.29, 0.717) is 58.0 Å². The normalized spacial score (nSPS) is 13.3. The van der Waals surface area contributed by atoms with Crippen LogP contribution in [0, 0.1) is 12.3 Å². The van der Waals surface area contributed by atoms with Gasteiger partial charge in [0.05, 0.1) is 59.2 Å². The number of carbonyl (C=O) groups is 2. The third-order valence-corrected chi connectivity index (χ3v) is 11.2. The van der Waals surface area contributed by atoms with Crippen LogP contribution >= 0.6 is 0 Å². The highest BCUT2D eigenvalue weighted by molar-refractivity contribution is 6.01. The maximum Gasteiger partial charge on any atom is 0.227 e. The van der Waals surface area contributed by atoms with Crippen molar-refractivity contribution in [1.82, 2.24) is 35.3 Å². The number of carbonyl (C=O) groups excluding carboxylic acids is 2. The van der Waals surface area contributed by atoms with E-state index in [4.69, 9.17) is 19.3 Å². The third-order valence-electron chi connectivity index (χ3n) is 11.2. The van der Waals surface area contributed by atoms with Crippen molar-refractivity contribution in [3.8, 4) is 22.5 Å². The molecular weight excluding hydrogens is 781 g/mol. The van der Waals surface area contributed by atoms with Gasteiger partial charge in [0.2, 0.25) is 11.8 Å². The lowest BCUT2D eigenvalue weighted by Gasteiger charge is -2.32. The summed E-state index contributed by atoms with van der Waals surface area (Å²) in [6, 6.07) is 15.9. The Balaban J connectivity index is 0.00000416. The van der Waals surface area contributed by atoms with Crippen LogP contribution in [0.4, 0.5) is 5.69 Å². The topological polar surface area (TPSA) is 139 Å². The summed E-state index contributed by atoms with van der Waals surface area (Å²) in [6.07, 6.45) is 5.01. The fourth-order valence-electron chi connectivity index (χ4n) is 7.05. The summed E-state index contributed by atoms with van der Waals surface area (Å²) in [6.45, 7) is 32.4. The van der Waals surface area contributed by atoms with Crippen molar-refractivity contribution in [3.63, 3.8) is 0 Å². The minimum atomic E-state index is -0.426. The summed E-state index contributed by atoms with van der Waals surface area (Å²) in [5.41, 5.74) is 4.75. The van der Waals surface area contributed by atoms with Crippen molar-refractivity contribution in [1.29, 1.82) is 0 Å². The van der Waals surface area contributed by atoms with E-state index in [1.807, 2.05) is 92.6 Å². The van der Waals surface area contributed by atoms with Crippen LogP contribution in [0.3, 0.4) is 0 Å². The molecule has 2 aromatic carbocycles. The van der Waals surface area contributed by atoms with E-state index >= 15 is 0 Å². The van der Waals surface area contributed by atoms with Crippen molar-refractivity contribution in [2.75, 3.05) is 31.3 Å². The Labute approximate surface area is 371 Å². The molecule has 0 radical (unpaired) electrons. The minimum Gasteiger partial charge on any atom is -0.375 e. The lowest BCUT2D eigenvalue weighted by atomic mass is 9.95. The van der Waals surface area contributed by atoms with Crippen molar-refractivity contribution >= 4 is 17.5 Å². The predicted octanol–water partition coefficient (Wildman–Crippen LogP) is 9.71. The number of nitrogens with one attached hydrogen (secondary N) is 1. The average Bonchev–Trinajstić information content (AvgIpc) is 3.84. The van der Waals surface area contributed by atoms with Crippen LogP contribution in [-0.4, -0.2) is 85.0 Å². The number of fused-ring (bicyclic) bond motifs is 5. The zero-order chi connectivity index (χ0) is 45.9. The van der Waals surface area contributed by atoms with Crippen LogP contribution in [0.2, 0.25) is 0 Å². The van der Waals surface area contributed by atoms with Crippen molar-refractivity contribution in [2.45, 2.75) is 171 Å². The highest BCUT2D eigenvalue weighted by atomic mass is 16.5. The number of aryl methyl sites for hydroxylation is 2. The van der Waals surface area contributed by atoms with Gasteiger partial charge >= 0.3 is 0 Å². The Hall–Kier alpha value is -4.46. The molecular formula is C49H76N8O5. The second-order valence-corrected chi connectivity index (χ2v) is 20.0. The Morgan fingerprint density at radius 2 is 1.32 bits per heavy atom. The highest BCUT2D eigenvalue weighted by Gasteiger charge is 2.31. The smallest absolute Gasteiger partial charge is 0.227 e. The number of para-hydroxylation sites is 1. The molecule has 0 saturated heterocycles. The van der Waals surface area contributed by atoms with E-state index in [1.54, 1.807) is 4.90 Å². The van der Waals surface area contributed by atoms with Gasteiger partial charge in [-0.05, 0) is 105 Å². The summed E-state index contributed by atoms with van der Waals surface area (Å²) >= 11 is 0. The first-order valence-corrected chi connectivity index (χ1v) is 22.5. The summed E-state index contributed by atoms with van der Waals surface area (Å²) in [7, 11) is 0. The molecule has 0 atom stereocenters. The van der Waals surface area contributed by atoms with Gasteiger partial charge < -0.3 is 24.4 Å². The van der Waals surface area contributed by atoms with Crippen LogP contribution in [-0.2, 0) is 42.4 Å². The zero-order valence-electron chi connectivity index (χ0n) is 40.4. The molecule has 0 unspecified atom stereocenters. The molecule has 4 aromatic rings. The molecule has 3 heterocycles. The first-order valence-electron chi connectivity index (χ1n) is 22.5. The van der Waals surface area contributed by atoms with Gasteiger partial charge in [0.25, 0.3) is 0 Å². The Kier molecular flexibility index (Phi) is 17.2. The zero-order valence-corrected chi connectivity index (χ0v) is 40.4. The van der Waals surface area contributed by atoms with Gasteiger partial charge in [-0.2, -0.15) is 0 Å². The number of rotatable bonds is 20. The second kappa shape index (κ2) is 21.3. The molecule has 0 spiro atoms. The molecule has 0 saturated carbocycles. The number of benzene rings is 2. The van der Waals surface area contributed by atoms with E-state index in [-0.39, 0.29) is 41.2 Å². The number of hydrogen-bond acceptors (Lipinski definition) is 9. The van der Waals surface area contributed by atoms with Crippen LogP contribution in [0.1, 0.15) is 140 Å². The minimum absolute atomic E-state index is 0.0656. The molecule has 1 aliphatic rings. The predicted molar refractivity (Wildman–Crippen MR) is 248 cm³/mol. The number of amides is 2. The maximum atomic E-state index is 14.1. The number of aromatic nitrogens is 6. The van der Waals surface area contributed by atoms with Crippen LogP contribution < -0.4 is 10.2 Å². The molecule has 13 heteroatoms. The molecule has 342 valence electrons. The molecule has 62 heavy (non-hydrogen) atoms. The number of anilines is 1. The Bertz CT molecular complexity index is 2060. The lowest BCUT2D eigenvalue weighted by Crippen LogP contribution is -2.36. The molecule has 2 amide bonds. The molecule has 0 bridgehead atoms. The van der Waals surface area contributed by atoms with Gasteiger partial charge in [-0.3, -0.25) is 9.59 Å². The summed E-state index contributed by atoms with van der Waals surface area (Å²) in [5, 5.41) is 20.9. The van der Waals surface area contributed by atoms with E-state index in [9.17, 15) is 9.59 Å². The highest BCUT2D eigenvalue weighted by Crippen LogP contribution is 2.41. The van der Waals surface area contributed by atoms with E-state index in [1.165, 1.54) is 0 Å². The van der Waals surface area contributed by atoms with E-state index in [0.717, 1.165) is 46.6 Å². The molecule has 1 N–H and O–H groups in total. The van der Waals surface area contributed by atoms with Crippen LogP contribution in [0.25, 0.3) is 22.5 Å². The maximum absolute atomic E-state index is 14.1. The third kappa shape index (κ3) is 14.6. The lowest BCUT2D eigenvalue weighted by molar-refractivity contribution is -0.125. The van der Waals surface area contributed by atoms with Gasteiger partial charge in [0.1, 0.15) is 5.69 Å². The molecule has 13 nitrogen and oxygen atoms in total. The number of nitrogens with zero attached hydrogens (tertiary/aromatic N) is 7. The SMILES string of the molecule is CC.Cc1cn(C(C)(C)CCOC(C)(C)CCn2nnc3c2-c2ccccc2CN(C(=O)CCC(=O)NCCC(C)(C)OCCC(C)(C)OCC(C)(C)C)c2ccccc2-3)nn1. The number of ether oxygens (including phenoxy) is 3. The molecule has 1 aliphatic heterocycles. The monoisotopic (exact) mass is 857 g/mol. The largest absolute Gasteiger partial charge is 0.375 e. The molecule has 5 rings (SSSR count). The Morgan fingerprint density at radius 3 is 1.98 bits per heavy atom. The summed E-state index contributed by atoms with van der Waals surface area (Å²) in [4.78, 5) is 28.9. The fourth-order valence-corrected chi connectivity index (χ4v) is 7.05. The van der Waals surface area contributed by atoms with Gasteiger partial charge in [-0.1, -0.05) is 87.5 Å². The molecule has 0 aliphatic carbocycles. The van der Waals surface area contributed by atoms with Gasteiger partial charge in [-0.15, -0.1) is 10.2 Å². The van der Waals surface area contributed by atoms with Gasteiger partial charge in [-0.25, -0.2) is 9.36 Å². The summed E-state index contributed by atoms with van der Waals surface area (Å²) < 4.78 is 22.7. The molecule has 0 fully saturated rings. The average molecular weight is 857 g/mol. The second-order valence-electron chi connectivity index (χ2n) is 20.0. The summed E-state index contributed by atoms with van der Waals surface area (Å²) in [5.74, 6) is -0.299. The molecule has 2 aromatic heterocycles. The number of hydrogen-bond donors (Lipinski definition) is 1. The quantitative estimate of drug-likeness (QED) is 0.0921.